The lowest BCUT2D eigenvalue weighted by Crippen LogP contribution is -1.84. The summed E-state index contributed by atoms with van der Waals surface area (Å²) in [6, 6.07) is 6.45. The molecule has 0 unspecified atom stereocenters. The molecular formula is C14H15N3S2. The molecule has 0 bridgehead atoms. The van der Waals surface area contributed by atoms with Crippen LogP contribution in [0.3, 0.4) is 0 Å². The van der Waals surface area contributed by atoms with Crippen molar-refractivity contribution < 1.29 is 0 Å². The minimum absolute atomic E-state index is 0.962. The summed E-state index contributed by atoms with van der Waals surface area (Å²) in [6.07, 6.45) is 2.01. The molecule has 0 amide bonds. The summed E-state index contributed by atoms with van der Waals surface area (Å²) in [5.74, 6) is 1.04. The van der Waals surface area contributed by atoms with E-state index in [0.29, 0.717) is 0 Å². The molecule has 5 heteroatoms. The summed E-state index contributed by atoms with van der Waals surface area (Å²) in [5.41, 5.74) is 4.76. The Labute approximate surface area is 120 Å². The van der Waals surface area contributed by atoms with Gasteiger partial charge in [0, 0.05) is 5.56 Å². The van der Waals surface area contributed by atoms with Crippen LogP contribution in [0, 0.1) is 13.8 Å². The maximum absolute atomic E-state index is 4.66. The Morgan fingerprint density at radius 1 is 1.26 bits per heavy atom. The molecule has 0 aliphatic heterocycles. The van der Waals surface area contributed by atoms with E-state index in [1.807, 2.05) is 10.7 Å². The van der Waals surface area contributed by atoms with E-state index < -0.39 is 0 Å². The first-order chi connectivity index (χ1) is 9.17. The zero-order valence-corrected chi connectivity index (χ0v) is 12.8. The molecule has 0 saturated heterocycles. The normalized spacial score (nSPS) is 11.3. The van der Waals surface area contributed by atoms with Crippen molar-refractivity contribution in [3.8, 4) is 11.3 Å². The van der Waals surface area contributed by atoms with E-state index in [2.05, 4.69) is 49.1 Å². The third-order valence-corrected chi connectivity index (χ3v) is 5.03. The highest BCUT2D eigenvalue weighted by molar-refractivity contribution is 8.01. The Balaban J connectivity index is 2.00. The van der Waals surface area contributed by atoms with Gasteiger partial charge in [-0.05, 0) is 36.8 Å². The van der Waals surface area contributed by atoms with E-state index in [4.69, 9.17) is 0 Å². The SMILES string of the molecule is CCSc1nn2cc(-c3ccc(C)c(C)c3)nc2s1. The zero-order chi connectivity index (χ0) is 13.4. The van der Waals surface area contributed by atoms with E-state index in [-0.39, 0.29) is 0 Å². The monoisotopic (exact) mass is 289 g/mol. The number of fused-ring (bicyclic) bond motifs is 1. The lowest BCUT2D eigenvalue weighted by molar-refractivity contribution is 0.915. The highest BCUT2D eigenvalue weighted by Crippen LogP contribution is 2.27. The molecule has 0 spiro atoms. The molecule has 2 aromatic heterocycles. The van der Waals surface area contributed by atoms with Crippen LogP contribution in [0.4, 0.5) is 0 Å². The highest BCUT2D eigenvalue weighted by atomic mass is 32.2. The van der Waals surface area contributed by atoms with Crippen molar-refractivity contribution in [3.05, 3.63) is 35.5 Å². The van der Waals surface area contributed by atoms with E-state index in [9.17, 15) is 0 Å². The zero-order valence-electron chi connectivity index (χ0n) is 11.2. The highest BCUT2D eigenvalue weighted by Gasteiger charge is 2.10. The average Bonchev–Trinajstić information content (AvgIpc) is 2.91. The Bertz CT molecular complexity index is 696. The number of nitrogens with zero attached hydrogens (tertiary/aromatic N) is 3. The molecule has 0 aliphatic carbocycles. The van der Waals surface area contributed by atoms with Gasteiger partial charge in [-0.1, -0.05) is 42.2 Å². The molecule has 0 fully saturated rings. The molecule has 3 nitrogen and oxygen atoms in total. The van der Waals surface area contributed by atoms with Crippen molar-refractivity contribution in [2.45, 2.75) is 25.1 Å². The third-order valence-electron chi connectivity index (χ3n) is 3.10. The lowest BCUT2D eigenvalue weighted by Gasteiger charge is -2.01. The number of rotatable bonds is 3. The van der Waals surface area contributed by atoms with Crippen LogP contribution in [0.2, 0.25) is 0 Å². The maximum Gasteiger partial charge on any atom is 0.213 e. The smallest absolute Gasteiger partial charge is 0.213 e. The van der Waals surface area contributed by atoms with Crippen LogP contribution in [0.1, 0.15) is 18.1 Å². The van der Waals surface area contributed by atoms with Gasteiger partial charge in [0.1, 0.15) is 0 Å². The van der Waals surface area contributed by atoms with Crippen molar-refractivity contribution in [1.82, 2.24) is 14.6 Å². The van der Waals surface area contributed by atoms with E-state index in [0.717, 1.165) is 26.3 Å². The molecule has 98 valence electrons. The maximum atomic E-state index is 4.66. The fourth-order valence-corrected chi connectivity index (χ4v) is 3.73. The van der Waals surface area contributed by atoms with Crippen molar-refractivity contribution in [2.75, 3.05) is 5.75 Å². The quantitative estimate of drug-likeness (QED) is 0.677. The van der Waals surface area contributed by atoms with Crippen LogP contribution < -0.4 is 0 Å². The molecule has 2 heterocycles. The van der Waals surface area contributed by atoms with Crippen molar-refractivity contribution in [1.29, 1.82) is 0 Å². The topological polar surface area (TPSA) is 30.2 Å². The average molecular weight is 289 g/mol. The molecule has 3 rings (SSSR count). The van der Waals surface area contributed by atoms with E-state index in [1.54, 1.807) is 23.1 Å². The van der Waals surface area contributed by atoms with Gasteiger partial charge >= 0.3 is 0 Å². The van der Waals surface area contributed by atoms with Crippen LogP contribution in [0.25, 0.3) is 16.2 Å². The predicted molar refractivity (Wildman–Crippen MR) is 82.2 cm³/mol. The number of aromatic nitrogens is 3. The Kier molecular flexibility index (Phi) is 3.33. The van der Waals surface area contributed by atoms with Gasteiger partial charge in [0.05, 0.1) is 11.9 Å². The van der Waals surface area contributed by atoms with Crippen LogP contribution in [0.5, 0.6) is 0 Å². The number of hydrogen-bond acceptors (Lipinski definition) is 4. The second kappa shape index (κ2) is 4.98. The summed E-state index contributed by atoms with van der Waals surface area (Å²) in [5, 5.41) is 4.52. The Hall–Kier alpha value is -1.33. The minimum atomic E-state index is 0.962. The van der Waals surface area contributed by atoms with Gasteiger partial charge in [0.25, 0.3) is 0 Å². The summed E-state index contributed by atoms with van der Waals surface area (Å²) in [7, 11) is 0. The lowest BCUT2D eigenvalue weighted by atomic mass is 10.1. The van der Waals surface area contributed by atoms with Crippen molar-refractivity contribution >= 4 is 28.1 Å². The summed E-state index contributed by atoms with van der Waals surface area (Å²) in [6.45, 7) is 6.39. The molecule has 19 heavy (non-hydrogen) atoms. The molecule has 0 aliphatic rings. The van der Waals surface area contributed by atoms with Gasteiger partial charge in [-0.3, -0.25) is 0 Å². The molecule has 0 saturated carbocycles. The van der Waals surface area contributed by atoms with Gasteiger partial charge < -0.3 is 0 Å². The third kappa shape index (κ3) is 2.40. The number of hydrogen-bond donors (Lipinski definition) is 0. The second-order valence-electron chi connectivity index (χ2n) is 4.45. The fourth-order valence-electron chi connectivity index (χ4n) is 1.90. The largest absolute Gasteiger partial charge is 0.217 e. The van der Waals surface area contributed by atoms with Gasteiger partial charge in [-0.15, -0.1) is 5.10 Å². The second-order valence-corrected chi connectivity index (χ2v) is 6.92. The van der Waals surface area contributed by atoms with Crippen LogP contribution >= 0.6 is 23.1 Å². The standard InChI is InChI=1S/C14H15N3S2/c1-4-18-14-16-17-8-12(15-13(17)19-14)11-6-5-9(2)10(3)7-11/h5-8H,4H2,1-3H3. The summed E-state index contributed by atoms with van der Waals surface area (Å²) < 4.78 is 2.96. The number of thioether (sulfide) groups is 1. The van der Waals surface area contributed by atoms with Crippen molar-refractivity contribution in [3.63, 3.8) is 0 Å². The molecule has 0 radical (unpaired) electrons. The van der Waals surface area contributed by atoms with Gasteiger partial charge in [0.15, 0.2) is 4.34 Å². The molecule has 0 atom stereocenters. The predicted octanol–water partition coefficient (Wildman–Crippen LogP) is 4.19. The molecule has 1 aromatic carbocycles. The molecule has 3 aromatic rings. The van der Waals surface area contributed by atoms with Crippen molar-refractivity contribution in [2.24, 2.45) is 0 Å². The molecule has 0 N–H and O–H groups in total. The van der Waals surface area contributed by atoms with Crippen LogP contribution in [-0.4, -0.2) is 20.4 Å². The number of benzene rings is 1. The van der Waals surface area contributed by atoms with Gasteiger partial charge in [-0.25, -0.2) is 9.50 Å². The first kappa shape index (κ1) is 12.7. The minimum Gasteiger partial charge on any atom is -0.217 e. The van der Waals surface area contributed by atoms with E-state index >= 15 is 0 Å². The van der Waals surface area contributed by atoms with E-state index in [1.165, 1.54) is 11.1 Å². The molecular weight excluding hydrogens is 274 g/mol. The first-order valence-corrected chi connectivity index (χ1v) is 8.04. The fraction of sp³-hybridized carbons (Fsp3) is 0.286. The van der Waals surface area contributed by atoms with Crippen LogP contribution in [-0.2, 0) is 0 Å². The Morgan fingerprint density at radius 3 is 2.79 bits per heavy atom. The Morgan fingerprint density at radius 2 is 2.11 bits per heavy atom. The number of imidazole rings is 1. The van der Waals surface area contributed by atoms with Gasteiger partial charge in [-0.2, -0.15) is 0 Å². The first-order valence-electron chi connectivity index (χ1n) is 6.24. The summed E-state index contributed by atoms with van der Waals surface area (Å²) in [4.78, 5) is 5.62. The number of aryl methyl sites for hydroxylation is 2. The summed E-state index contributed by atoms with van der Waals surface area (Å²) >= 11 is 3.41. The van der Waals surface area contributed by atoms with Crippen LogP contribution in [0.15, 0.2) is 28.7 Å². The van der Waals surface area contributed by atoms with Gasteiger partial charge in [0.2, 0.25) is 4.96 Å².